The lowest BCUT2D eigenvalue weighted by molar-refractivity contribution is 0.261. The van der Waals surface area contributed by atoms with Crippen LogP contribution in [0.5, 0.6) is 0 Å². The third-order valence-electron chi connectivity index (χ3n) is 3.46. The summed E-state index contributed by atoms with van der Waals surface area (Å²) < 4.78 is 2.01. The van der Waals surface area contributed by atoms with Crippen molar-refractivity contribution < 1.29 is 0 Å². The molecular formula is C12H15ClN4. The second-order valence-corrected chi connectivity index (χ2v) is 4.86. The fourth-order valence-electron chi connectivity index (χ4n) is 2.61. The van der Waals surface area contributed by atoms with Crippen molar-refractivity contribution >= 4 is 17.2 Å². The summed E-state index contributed by atoms with van der Waals surface area (Å²) in [6.45, 7) is 4.39. The van der Waals surface area contributed by atoms with E-state index in [1.807, 2.05) is 22.7 Å². The summed E-state index contributed by atoms with van der Waals surface area (Å²) in [6, 6.07) is 4.14. The predicted molar refractivity (Wildman–Crippen MR) is 67.2 cm³/mol. The van der Waals surface area contributed by atoms with Gasteiger partial charge in [0.2, 0.25) is 0 Å². The Kier molecular flexibility index (Phi) is 2.76. The van der Waals surface area contributed by atoms with Crippen LogP contribution in [-0.2, 0) is 0 Å². The largest absolute Gasteiger partial charge is 0.294 e. The Bertz CT molecular complexity index is 536. The zero-order chi connectivity index (χ0) is 11.8. The van der Waals surface area contributed by atoms with Crippen molar-refractivity contribution in [1.29, 1.82) is 0 Å². The average molecular weight is 251 g/mol. The minimum atomic E-state index is 0.383. The van der Waals surface area contributed by atoms with Crippen LogP contribution in [0, 0.1) is 0 Å². The van der Waals surface area contributed by atoms with Crippen LogP contribution >= 0.6 is 11.6 Å². The number of rotatable bonds is 2. The lowest BCUT2D eigenvalue weighted by atomic mass is 10.2. The van der Waals surface area contributed by atoms with E-state index < -0.39 is 0 Å². The highest BCUT2D eigenvalue weighted by molar-refractivity contribution is 6.30. The van der Waals surface area contributed by atoms with Gasteiger partial charge in [-0.15, -0.1) is 10.2 Å². The van der Waals surface area contributed by atoms with Gasteiger partial charge in [-0.05, 0) is 38.1 Å². The molecule has 5 heteroatoms. The molecule has 0 saturated carbocycles. The van der Waals surface area contributed by atoms with Gasteiger partial charge in [0.15, 0.2) is 11.5 Å². The van der Waals surface area contributed by atoms with Gasteiger partial charge in [-0.25, -0.2) is 0 Å². The van der Waals surface area contributed by atoms with Crippen LogP contribution in [0.1, 0.15) is 31.6 Å². The molecule has 4 nitrogen and oxygen atoms in total. The minimum Gasteiger partial charge on any atom is -0.294 e. The van der Waals surface area contributed by atoms with E-state index in [1.165, 1.54) is 6.42 Å². The van der Waals surface area contributed by atoms with Crippen LogP contribution in [0.4, 0.5) is 0 Å². The fourth-order valence-corrected chi connectivity index (χ4v) is 2.77. The Hall–Kier alpha value is -1.13. The van der Waals surface area contributed by atoms with E-state index in [0.29, 0.717) is 6.04 Å². The molecule has 1 unspecified atom stereocenters. The number of hydrogen-bond acceptors (Lipinski definition) is 3. The number of likely N-dealkylation sites (tertiary alicyclic amines) is 1. The molecule has 0 amide bonds. The third kappa shape index (κ3) is 1.81. The number of pyridine rings is 1. The van der Waals surface area contributed by atoms with Crippen molar-refractivity contribution in [3.8, 4) is 0 Å². The second kappa shape index (κ2) is 4.27. The molecule has 0 bridgehead atoms. The molecule has 1 aliphatic heterocycles. The summed E-state index contributed by atoms with van der Waals surface area (Å²) in [4.78, 5) is 2.44. The molecular weight excluding hydrogens is 236 g/mol. The van der Waals surface area contributed by atoms with Crippen LogP contribution in [0.3, 0.4) is 0 Å². The van der Waals surface area contributed by atoms with Crippen LogP contribution in [-0.4, -0.2) is 32.6 Å². The molecule has 0 aliphatic carbocycles. The Morgan fingerprint density at radius 1 is 1.41 bits per heavy atom. The fraction of sp³-hybridized carbons (Fsp3) is 0.500. The van der Waals surface area contributed by atoms with E-state index in [9.17, 15) is 0 Å². The van der Waals surface area contributed by atoms with Gasteiger partial charge in [-0.2, -0.15) is 0 Å². The summed E-state index contributed by atoms with van der Waals surface area (Å²) in [6.07, 6.45) is 4.29. The Morgan fingerprint density at radius 2 is 2.29 bits per heavy atom. The molecule has 1 fully saturated rings. The maximum Gasteiger partial charge on any atom is 0.160 e. The maximum atomic E-state index is 6.03. The van der Waals surface area contributed by atoms with Crippen molar-refractivity contribution in [1.82, 2.24) is 19.5 Å². The van der Waals surface area contributed by atoms with E-state index in [4.69, 9.17) is 11.6 Å². The number of hydrogen-bond donors (Lipinski definition) is 0. The molecule has 3 heterocycles. The van der Waals surface area contributed by atoms with Gasteiger partial charge in [0.05, 0.1) is 11.1 Å². The normalized spacial score (nSPS) is 21.4. The molecule has 17 heavy (non-hydrogen) atoms. The van der Waals surface area contributed by atoms with Gasteiger partial charge < -0.3 is 0 Å². The van der Waals surface area contributed by atoms with Gasteiger partial charge in [0.25, 0.3) is 0 Å². The number of aromatic nitrogens is 3. The quantitative estimate of drug-likeness (QED) is 0.821. The summed E-state index contributed by atoms with van der Waals surface area (Å²) in [5.74, 6) is 1.02. The van der Waals surface area contributed by atoms with E-state index in [2.05, 4.69) is 22.0 Å². The van der Waals surface area contributed by atoms with Gasteiger partial charge in [0, 0.05) is 6.20 Å². The van der Waals surface area contributed by atoms with Crippen molar-refractivity contribution in [2.45, 2.75) is 25.8 Å². The molecule has 0 N–H and O–H groups in total. The smallest absolute Gasteiger partial charge is 0.160 e. The standard InChI is InChI=1S/C12H15ClN4/c1-2-16-7-3-4-10(16)12-15-14-11-6-5-9(13)8-17(11)12/h5-6,8,10H,2-4,7H2,1H3. The first-order chi connectivity index (χ1) is 8.29. The summed E-state index contributed by atoms with van der Waals surface area (Å²) >= 11 is 6.03. The Morgan fingerprint density at radius 3 is 3.12 bits per heavy atom. The molecule has 3 rings (SSSR count). The first-order valence-corrected chi connectivity index (χ1v) is 6.41. The van der Waals surface area contributed by atoms with Crippen molar-refractivity contribution in [2.75, 3.05) is 13.1 Å². The molecule has 90 valence electrons. The van der Waals surface area contributed by atoms with Gasteiger partial charge in [-0.1, -0.05) is 18.5 Å². The highest BCUT2D eigenvalue weighted by atomic mass is 35.5. The van der Waals surface area contributed by atoms with Crippen LogP contribution in [0.2, 0.25) is 5.02 Å². The maximum absolute atomic E-state index is 6.03. The lowest BCUT2D eigenvalue weighted by Crippen LogP contribution is -2.24. The minimum absolute atomic E-state index is 0.383. The monoisotopic (exact) mass is 250 g/mol. The van der Waals surface area contributed by atoms with E-state index in [1.54, 1.807) is 0 Å². The zero-order valence-electron chi connectivity index (χ0n) is 9.80. The SMILES string of the molecule is CCN1CCCC1c1nnc2ccc(Cl)cn12. The lowest BCUT2D eigenvalue weighted by Gasteiger charge is -2.20. The molecule has 0 radical (unpaired) electrons. The molecule has 1 aliphatic rings. The topological polar surface area (TPSA) is 33.4 Å². The third-order valence-corrected chi connectivity index (χ3v) is 3.68. The number of fused-ring (bicyclic) bond motifs is 1. The summed E-state index contributed by atoms with van der Waals surface area (Å²) in [7, 11) is 0. The van der Waals surface area contributed by atoms with E-state index >= 15 is 0 Å². The summed E-state index contributed by atoms with van der Waals surface area (Å²) in [5, 5.41) is 9.25. The van der Waals surface area contributed by atoms with Crippen molar-refractivity contribution in [2.24, 2.45) is 0 Å². The zero-order valence-corrected chi connectivity index (χ0v) is 10.6. The van der Waals surface area contributed by atoms with Crippen LogP contribution in [0.15, 0.2) is 18.3 Å². The van der Waals surface area contributed by atoms with Gasteiger partial charge in [0.1, 0.15) is 0 Å². The Labute approximate surface area is 105 Å². The van der Waals surface area contributed by atoms with E-state index in [0.717, 1.165) is 36.0 Å². The van der Waals surface area contributed by atoms with Crippen molar-refractivity contribution in [3.05, 3.63) is 29.2 Å². The van der Waals surface area contributed by atoms with Crippen molar-refractivity contribution in [3.63, 3.8) is 0 Å². The van der Waals surface area contributed by atoms with Gasteiger partial charge in [-0.3, -0.25) is 9.30 Å². The Balaban J connectivity index is 2.07. The summed E-state index contributed by atoms with van der Waals surface area (Å²) in [5.41, 5.74) is 0.868. The highest BCUT2D eigenvalue weighted by Gasteiger charge is 2.28. The molecule has 1 saturated heterocycles. The van der Waals surface area contributed by atoms with E-state index in [-0.39, 0.29) is 0 Å². The number of nitrogens with zero attached hydrogens (tertiary/aromatic N) is 4. The molecule has 2 aromatic heterocycles. The first-order valence-electron chi connectivity index (χ1n) is 6.04. The number of halogens is 1. The first kappa shape index (κ1) is 11.0. The molecule has 1 atom stereocenters. The highest BCUT2D eigenvalue weighted by Crippen LogP contribution is 2.30. The second-order valence-electron chi connectivity index (χ2n) is 4.42. The molecule has 0 aromatic carbocycles. The average Bonchev–Trinajstić information content (AvgIpc) is 2.93. The van der Waals surface area contributed by atoms with Gasteiger partial charge >= 0.3 is 0 Å². The van der Waals surface area contributed by atoms with Crippen LogP contribution in [0.25, 0.3) is 5.65 Å². The molecule has 0 spiro atoms. The molecule has 2 aromatic rings. The van der Waals surface area contributed by atoms with Crippen LogP contribution < -0.4 is 0 Å². The predicted octanol–water partition coefficient (Wildman–Crippen LogP) is 2.54.